The van der Waals surface area contributed by atoms with E-state index in [9.17, 15) is 9.59 Å². The van der Waals surface area contributed by atoms with Gasteiger partial charge in [0.25, 0.3) is 11.8 Å². The number of furan rings is 1. The van der Waals surface area contributed by atoms with Crippen molar-refractivity contribution in [2.45, 2.75) is 20.8 Å². The van der Waals surface area contributed by atoms with Crippen LogP contribution in [0.4, 0.5) is 5.69 Å². The first-order valence-corrected chi connectivity index (χ1v) is 10.4. The maximum Gasteiger partial charge on any atom is 0.270 e. The maximum atomic E-state index is 13.2. The fourth-order valence-corrected chi connectivity index (χ4v) is 3.88. The highest BCUT2D eigenvalue weighted by Crippen LogP contribution is 2.30. The van der Waals surface area contributed by atoms with Gasteiger partial charge in [0.1, 0.15) is 17.1 Å². The Morgan fingerprint density at radius 2 is 1.81 bits per heavy atom. The Bertz CT molecular complexity index is 1280. The van der Waals surface area contributed by atoms with E-state index >= 15 is 0 Å². The quantitative estimate of drug-likeness (QED) is 0.331. The van der Waals surface area contributed by atoms with Gasteiger partial charge >= 0.3 is 0 Å². The lowest BCUT2D eigenvalue weighted by Crippen LogP contribution is -2.54. The minimum Gasteiger partial charge on any atom is -0.457 e. The van der Waals surface area contributed by atoms with Gasteiger partial charge in [0, 0.05) is 10.6 Å². The number of thiocarbonyl (C=S) groups is 1. The molecule has 0 unspecified atom stereocenters. The molecule has 1 saturated heterocycles. The van der Waals surface area contributed by atoms with Gasteiger partial charge in [-0.15, -0.1) is 0 Å². The number of amides is 2. The van der Waals surface area contributed by atoms with Crippen LogP contribution in [0.5, 0.6) is 0 Å². The minimum atomic E-state index is -0.562. The van der Waals surface area contributed by atoms with Gasteiger partial charge in [-0.3, -0.25) is 19.8 Å². The molecule has 0 spiro atoms. The molecule has 0 bridgehead atoms. The molecular weight excluding hydrogens is 432 g/mol. The van der Waals surface area contributed by atoms with E-state index in [2.05, 4.69) is 5.32 Å². The fraction of sp³-hybridized carbons (Fsp3) is 0.125. The van der Waals surface area contributed by atoms with Gasteiger partial charge < -0.3 is 4.42 Å². The molecule has 2 heterocycles. The van der Waals surface area contributed by atoms with Crippen LogP contribution in [0.25, 0.3) is 17.4 Å². The summed E-state index contributed by atoms with van der Waals surface area (Å²) in [5.41, 5.74) is 4.34. The van der Waals surface area contributed by atoms with Crippen molar-refractivity contribution >= 4 is 52.5 Å². The molecule has 31 heavy (non-hydrogen) atoms. The molecule has 0 atom stereocenters. The fourth-order valence-electron chi connectivity index (χ4n) is 3.43. The normalized spacial score (nSPS) is 15.5. The number of benzene rings is 2. The summed E-state index contributed by atoms with van der Waals surface area (Å²) in [6, 6.07) is 14.6. The van der Waals surface area contributed by atoms with E-state index in [-0.39, 0.29) is 10.7 Å². The van der Waals surface area contributed by atoms with Crippen molar-refractivity contribution in [3.63, 3.8) is 0 Å². The number of nitrogens with one attached hydrogen (secondary N) is 1. The molecule has 1 aromatic heterocycles. The zero-order valence-corrected chi connectivity index (χ0v) is 18.7. The SMILES string of the molecule is Cc1ccc(Cl)cc1-c1ccc(/C=C2\C(=O)NC(=S)N(c3cccc(C)c3C)C2=O)o1. The van der Waals surface area contributed by atoms with Crippen molar-refractivity contribution < 1.29 is 14.0 Å². The molecule has 2 aromatic carbocycles. The number of hydrogen-bond donors (Lipinski definition) is 1. The van der Waals surface area contributed by atoms with Gasteiger partial charge in [-0.2, -0.15) is 0 Å². The Kier molecular flexibility index (Phi) is 5.52. The van der Waals surface area contributed by atoms with Crippen LogP contribution in [0.1, 0.15) is 22.5 Å². The lowest BCUT2D eigenvalue weighted by Gasteiger charge is -2.30. The molecular formula is C24H19ClN2O3S. The summed E-state index contributed by atoms with van der Waals surface area (Å²) in [7, 11) is 0. The van der Waals surface area contributed by atoms with Crippen LogP contribution in [0.2, 0.25) is 5.02 Å². The molecule has 156 valence electrons. The first kappa shape index (κ1) is 21.0. The molecule has 2 amide bonds. The second-order valence-corrected chi connectivity index (χ2v) is 8.16. The van der Waals surface area contributed by atoms with Gasteiger partial charge in [-0.05, 0) is 86.1 Å². The van der Waals surface area contributed by atoms with Crippen LogP contribution < -0.4 is 10.2 Å². The highest BCUT2D eigenvalue weighted by molar-refractivity contribution is 7.80. The lowest BCUT2D eigenvalue weighted by molar-refractivity contribution is -0.122. The number of carbonyl (C=O) groups excluding carboxylic acids is 2. The summed E-state index contributed by atoms with van der Waals surface area (Å²) >= 11 is 11.4. The third-order valence-corrected chi connectivity index (χ3v) is 5.82. The van der Waals surface area contributed by atoms with E-state index in [1.165, 1.54) is 11.0 Å². The molecule has 7 heteroatoms. The van der Waals surface area contributed by atoms with Crippen LogP contribution >= 0.6 is 23.8 Å². The lowest BCUT2D eigenvalue weighted by atomic mass is 10.0. The first-order valence-electron chi connectivity index (χ1n) is 9.60. The summed E-state index contributed by atoms with van der Waals surface area (Å²) in [5, 5.41) is 3.25. The second-order valence-electron chi connectivity index (χ2n) is 7.34. The summed E-state index contributed by atoms with van der Waals surface area (Å²) in [4.78, 5) is 27.1. The first-order chi connectivity index (χ1) is 14.8. The van der Waals surface area contributed by atoms with Crippen molar-refractivity contribution in [2.75, 3.05) is 4.90 Å². The van der Waals surface area contributed by atoms with Gasteiger partial charge in [0.2, 0.25) is 0 Å². The average molecular weight is 451 g/mol. The van der Waals surface area contributed by atoms with E-state index in [4.69, 9.17) is 28.2 Å². The Balaban J connectivity index is 1.72. The highest BCUT2D eigenvalue weighted by atomic mass is 35.5. The molecule has 0 saturated carbocycles. The monoisotopic (exact) mass is 450 g/mol. The zero-order valence-electron chi connectivity index (χ0n) is 17.2. The summed E-state index contributed by atoms with van der Waals surface area (Å²) in [5.74, 6) is -0.0909. The van der Waals surface area contributed by atoms with Crippen LogP contribution in [-0.4, -0.2) is 16.9 Å². The van der Waals surface area contributed by atoms with Gasteiger partial charge in [-0.1, -0.05) is 29.8 Å². The molecule has 1 N–H and O–H groups in total. The number of nitrogens with zero attached hydrogens (tertiary/aromatic N) is 1. The molecule has 1 aliphatic rings. The molecule has 5 nitrogen and oxygen atoms in total. The average Bonchev–Trinajstić information content (AvgIpc) is 3.18. The van der Waals surface area contributed by atoms with Crippen LogP contribution in [0, 0.1) is 20.8 Å². The number of carbonyl (C=O) groups is 2. The smallest absolute Gasteiger partial charge is 0.270 e. The Hall–Kier alpha value is -3.22. The van der Waals surface area contributed by atoms with Crippen LogP contribution in [0.15, 0.2) is 58.5 Å². The summed E-state index contributed by atoms with van der Waals surface area (Å²) in [6.07, 6.45) is 1.43. The van der Waals surface area contributed by atoms with Crippen LogP contribution in [0.3, 0.4) is 0 Å². The third-order valence-electron chi connectivity index (χ3n) is 5.30. The molecule has 1 fully saturated rings. The van der Waals surface area contributed by atoms with E-state index in [0.717, 1.165) is 22.3 Å². The van der Waals surface area contributed by atoms with Gasteiger partial charge in [0.05, 0.1) is 5.69 Å². The molecule has 0 aliphatic carbocycles. The van der Waals surface area contributed by atoms with Crippen molar-refractivity contribution in [1.82, 2.24) is 5.32 Å². The highest BCUT2D eigenvalue weighted by Gasteiger charge is 2.35. The number of halogens is 1. The van der Waals surface area contributed by atoms with Crippen molar-refractivity contribution in [3.05, 3.63) is 81.6 Å². The zero-order chi connectivity index (χ0) is 22.3. The predicted molar refractivity (Wildman–Crippen MR) is 126 cm³/mol. The Morgan fingerprint density at radius 1 is 1.03 bits per heavy atom. The predicted octanol–water partition coefficient (Wildman–Crippen LogP) is 5.36. The molecule has 3 aromatic rings. The summed E-state index contributed by atoms with van der Waals surface area (Å²) in [6.45, 7) is 5.81. The van der Waals surface area contributed by atoms with E-state index in [0.29, 0.717) is 22.2 Å². The Morgan fingerprint density at radius 3 is 2.58 bits per heavy atom. The van der Waals surface area contributed by atoms with Crippen LogP contribution in [-0.2, 0) is 9.59 Å². The number of anilines is 1. The van der Waals surface area contributed by atoms with Crippen molar-refractivity contribution in [2.24, 2.45) is 0 Å². The molecule has 0 radical (unpaired) electrons. The van der Waals surface area contributed by atoms with Gasteiger partial charge in [-0.25, -0.2) is 0 Å². The number of hydrogen-bond acceptors (Lipinski definition) is 4. The number of aryl methyl sites for hydroxylation is 2. The Labute approximate surface area is 190 Å². The standard InChI is InChI=1S/C24H19ClN2O3S/c1-13-5-4-6-20(15(13)3)27-23(29)19(22(28)26-24(27)31)12-17-9-10-21(30-17)18-11-16(25)8-7-14(18)2/h4-12H,1-3H3,(H,26,28,31)/b19-12+. The largest absolute Gasteiger partial charge is 0.457 e. The second kappa shape index (κ2) is 8.13. The van der Waals surface area contributed by atoms with Gasteiger partial charge in [0.15, 0.2) is 5.11 Å². The molecule has 4 rings (SSSR count). The summed E-state index contributed by atoms with van der Waals surface area (Å²) < 4.78 is 5.90. The number of rotatable bonds is 3. The third kappa shape index (κ3) is 3.92. The van der Waals surface area contributed by atoms with E-state index in [1.807, 2.05) is 51.1 Å². The van der Waals surface area contributed by atoms with E-state index < -0.39 is 11.8 Å². The topological polar surface area (TPSA) is 62.6 Å². The maximum absolute atomic E-state index is 13.2. The van der Waals surface area contributed by atoms with Crippen molar-refractivity contribution in [1.29, 1.82) is 0 Å². The molecule has 1 aliphatic heterocycles. The van der Waals surface area contributed by atoms with Crippen molar-refractivity contribution in [3.8, 4) is 11.3 Å². The minimum absolute atomic E-state index is 0.0514. The van der Waals surface area contributed by atoms with E-state index in [1.54, 1.807) is 18.2 Å².